The van der Waals surface area contributed by atoms with Crippen LogP contribution in [0.3, 0.4) is 0 Å². The van der Waals surface area contributed by atoms with Crippen molar-refractivity contribution in [3.8, 4) is 11.5 Å². The van der Waals surface area contributed by atoms with E-state index >= 15 is 0 Å². The zero-order chi connectivity index (χ0) is 14.4. The monoisotopic (exact) mass is 277 g/mol. The Kier molecular flexibility index (Phi) is 5.57. The average molecular weight is 277 g/mol. The van der Waals surface area contributed by atoms with Crippen LogP contribution in [-0.4, -0.2) is 19.8 Å². The summed E-state index contributed by atoms with van der Waals surface area (Å²) >= 11 is 0. The van der Waals surface area contributed by atoms with Gasteiger partial charge in [-0.15, -0.1) is 0 Å². The first kappa shape index (κ1) is 15.0. The molecule has 0 radical (unpaired) electrons. The molecule has 1 aromatic carbocycles. The molecule has 2 rings (SSSR count). The van der Waals surface area contributed by atoms with Crippen LogP contribution in [0.15, 0.2) is 18.2 Å². The largest absolute Gasteiger partial charge is 0.493 e. The van der Waals surface area contributed by atoms with Gasteiger partial charge in [0.2, 0.25) is 0 Å². The Labute approximate surface area is 122 Å². The van der Waals surface area contributed by atoms with Crippen molar-refractivity contribution in [1.29, 1.82) is 0 Å². The minimum Gasteiger partial charge on any atom is -0.493 e. The van der Waals surface area contributed by atoms with Gasteiger partial charge < -0.3 is 14.8 Å². The Balaban J connectivity index is 2.02. The second-order valence-corrected chi connectivity index (χ2v) is 5.63. The molecule has 1 aliphatic carbocycles. The van der Waals surface area contributed by atoms with Crippen molar-refractivity contribution in [1.82, 2.24) is 0 Å². The third kappa shape index (κ3) is 3.81. The number of hydrogen-bond acceptors (Lipinski definition) is 3. The van der Waals surface area contributed by atoms with Gasteiger partial charge in [0.05, 0.1) is 13.7 Å². The molecule has 0 spiro atoms. The molecule has 3 heteroatoms. The van der Waals surface area contributed by atoms with E-state index in [-0.39, 0.29) is 0 Å². The molecule has 0 bridgehead atoms. The maximum atomic E-state index is 5.63. The molecule has 0 heterocycles. The molecule has 3 nitrogen and oxygen atoms in total. The van der Waals surface area contributed by atoms with Gasteiger partial charge in [-0.25, -0.2) is 0 Å². The van der Waals surface area contributed by atoms with Gasteiger partial charge in [-0.05, 0) is 44.7 Å². The number of nitrogens with one attached hydrogen (secondary N) is 1. The van der Waals surface area contributed by atoms with E-state index in [1.165, 1.54) is 32.1 Å². The maximum absolute atomic E-state index is 5.63. The fraction of sp³-hybridized carbons (Fsp3) is 0.647. The minimum absolute atomic E-state index is 0.512. The van der Waals surface area contributed by atoms with Gasteiger partial charge in [0, 0.05) is 17.8 Å². The van der Waals surface area contributed by atoms with E-state index in [4.69, 9.17) is 9.47 Å². The van der Waals surface area contributed by atoms with Crippen LogP contribution in [0.25, 0.3) is 0 Å². The average Bonchev–Trinajstić information content (AvgIpc) is 2.49. The quantitative estimate of drug-likeness (QED) is 0.832. The second kappa shape index (κ2) is 7.41. The number of methoxy groups -OCH3 is 1. The molecule has 1 aliphatic rings. The van der Waals surface area contributed by atoms with Crippen LogP contribution in [0.5, 0.6) is 11.5 Å². The number of rotatable bonds is 6. The summed E-state index contributed by atoms with van der Waals surface area (Å²) < 4.78 is 11.0. The Morgan fingerprint density at radius 3 is 2.60 bits per heavy atom. The van der Waals surface area contributed by atoms with Crippen LogP contribution in [0.4, 0.5) is 5.69 Å². The lowest BCUT2D eigenvalue weighted by Crippen LogP contribution is -2.27. The Hall–Kier alpha value is -1.38. The normalized spacial score (nSPS) is 17.6. The molecule has 1 fully saturated rings. The lowest BCUT2D eigenvalue weighted by molar-refractivity contribution is 0.310. The zero-order valence-corrected chi connectivity index (χ0v) is 12.9. The first-order chi connectivity index (χ1) is 9.74. The summed E-state index contributed by atoms with van der Waals surface area (Å²) in [5.74, 6) is 2.40. The third-order valence-corrected chi connectivity index (χ3v) is 4.21. The van der Waals surface area contributed by atoms with E-state index in [1.807, 2.05) is 19.1 Å². The molecular formula is C17H27NO2. The number of hydrogen-bond donors (Lipinski definition) is 1. The van der Waals surface area contributed by atoms with Crippen LogP contribution in [0.2, 0.25) is 0 Å². The Morgan fingerprint density at radius 1 is 1.20 bits per heavy atom. The molecule has 0 amide bonds. The van der Waals surface area contributed by atoms with E-state index in [0.29, 0.717) is 12.6 Å². The van der Waals surface area contributed by atoms with Gasteiger partial charge in [0.1, 0.15) is 0 Å². The standard InChI is InChI=1S/C17H27NO2/c1-4-20-17-12-15(10-11-16(17)19-3)18-13(2)14-8-6-5-7-9-14/h10-14,18H,4-9H2,1-3H3. The summed E-state index contributed by atoms with van der Waals surface area (Å²) in [4.78, 5) is 0. The molecule has 1 saturated carbocycles. The maximum Gasteiger partial charge on any atom is 0.163 e. The number of anilines is 1. The lowest BCUT2D eigenvalue weighted by atomic mass is 9.84. The Morgan fingerprint density at radius 2 is 1.95 bits per heavy atom. The molecule has 1 atom stereocenters. The predicted molar refractivity (Wildman–Crippen MR) is 83.8 cm³/mol. The lowest BCUT2D eigenvalue weighted by Gasteiger charge is -2.29. The summed E-state index contributed by atoms with van der Waals surface area (Å²) in [5, 5.41) is 3.63. The minimum atomic E-state index is 0.512. The van der Waals surface area contributed by atoms with E-state index in [2.05, 4.69) is 18.3 Å². The first-order valence-electron chi connectivity index (χ1n) is 7.82. The highest BCUT2D eigenvalue weighted by Crippen LogP contribution is 2.32. The fourth-order valence-electron chi connectivity index (χ4n) is 3.05. The second-order valence-electron chi connectivity index (χ2n) is 5.63. The summed E-state index contributed by atoms with van der Waals surface area (Å²) in [6.45, 7) is 4.93. The summed E-state index contributed by atoms with van der Waals surface area (Å²) in [7, 11) is 1.68. The van der Waals surface area contributed by atoms with Crippen molar-refractivity contribution < 1.29 is 9.47 Å². The Bertz CT molecular complexity index is 413. The number of benzene rings is 1. The molecule has 0 aromatic heterocycles. The van der Waals surface area contributed by atoms with Crippen molar-refractivity contribution in [3.05, 3.63) is 18.2 Å². The van der Waals surface area contributed by atoms with Crippen molar-refractivity contribution in [2.75, 3.05) is 19.0 Å². The van der Waals surface area contributed by atoms with E-state index in [9.17, 15) is 0 Å². The molecule has 1 aromatic rings. The zero-order valence-electron chi connectivity index (χ0n) is 12.9. The van der Waals surface area contributed by atoms with Crippen LogP contribution in [0.1, 0.15) is 46.0 Å². The topological polar surface area (TPSA) is 30.5 Å². The smallest absolute Gasteiger partial charge is 0.163 e. The van der Waals surface area contributed by atoms with E-state index in [0.717, 1.165) is 23.1 Å². The van der Waals surface area contributed by atoms with Crippen LogP contribution in [0, 0.1) is 5.92 Å². The molecule has 0 saturated heterocycles. The van der Waals surface area contributed by atoms with Crippen LogP contribution >= 0.6 is 0 Å². The van der Waals surface area contributed by atoms with Crippen molar-refractivity contribution in [3.63, 3.8) is 0 Å². The predicted octanol–water partition coefficient (Wildman–Crippen LogP) is 4.47. The van der Waals surface area contributed by atoms with Crippen molar-refractivity contribution in [2.45, 2.75) is 52.0 Å². The molecular weight excluding hydrogens is 250 g/mol. The number of ether oxygens (including phenoxy) is 2. The molecule has 1 unspecified atom stereocenters. The molecule has 20 heavy (non-hydrogen) atoms. The molecule has 1 N–H and O–H groups in total. The highest BCUT2D eigenvalue weighted by atomic mass is 16.5. The summed E-state index contributed by atoms with van der Waals surface area (Å²) in [6, 6.07) is 6.60. The highest BCUT2D eigenvalue weighted by molar-refractivity contribution is 5.55. The van der Waals surface area contributed by atoms with Gasteiger partial charge in [0.25, 0.3) is 0 Å². The summed E-state index contributed by atoms with van der Waals surface area (Å²) in [6.07, 6.45) is 6.86. The highest BCUT2D eigenvalue weighted by Gasteiger charge is 2.20. The SMILES string of the molecule is CCOc1cc(NC(C)C2CCCCC2)ccc1OC. The van der Waals surface area contributed by atoms with Gasteiger partial charge in [-0.2, -0.15) is 0 Å². The fourth-order valence-corrected chi connectivity index (χ4v) is 3.05. The van der Waals surface area contributed by atoms with E-state index in [1.54, 1.807) is 7.11 Å². The van der Waals surface area contributed by atoms with Gasteiger partial charge in [-0.3, -0.25) is 0 Å². The van der Waals surface area contributed by atoms with Crippen molar-refractivity contribution in [2.24, 2.45) is 5.92 Å². The molecule has 112 valence electrons. The van der Waals surface area contributed by atoms with Crippen LogP contribution in [-0.2, 0) is 0 Å². The summed E-state index contributed by atoms with van der Waals surface area (Å²) in [5.41, 5.74) is 1.12. The first-order valence-corrected chi connectivity index (χ1v) is 7.82. The molecule has 0 aliphatic heterocycles. The van der Waals surface area contributed by atoms with Gasteiger partial charge in [-0.1, -0.05) is 19.3 Å². The van der Waals surface area contributed by atoms with Crippen molar-refractivity contribution >= 4 is 5.69 Å². The van der Waals surface area contributed by atoms with E-state index < -0.39 is 0 Å². The third-order valence-electron chi connectivity index (χ3n) is 4.21. The van der Waals surface area contributed by atoms with Crippen LogP contribution < -0.4 is 14.8 Å². The van der Waals surface area contributed by atoms with Gasteiger partial charge in [0.15, 0.2) is 11.5 Å². The van der Waals surface area contributed by atoms with Gasteiger partial charge >= 0.3 is 0 Å².